The second-order valence-electron chi connectivity index (χ2n) is 4.53. The molecule has 21 heavy (non-hydrogen) atoms. The van der Waals surface area contributed by atoms with Crippen LogP contribution in [0.25, 0.3) is 10.1 Å². The van der Waals surface area contributed by atoms with Crippen molar-refractivity contribution in [3.05, 3.63) is 53.4 Å². The Morgan fingerprint density at radius 1 is 1.19 bits per heavy atom. The van der Waals surface area contributed by atoms with Crippen molar-refractivity contribution in [1.82, 2.24) is 0 Å². The molecule has 0 unspecified atom stereocenters. The number of carbonyl (C=O) groups excluding carboxylic acids is 1. The van der Waals surface area contributed by atoms with Gasteiger partial charge in [0.2, 0.25) is 0 Å². The molecule has 0 atom stereocenters. The minimum atomic E-state index is -0.207. The molecule has 0 aliphatic heterocycles. The second-order valence-corrected chi connectivity index (χ2v) is 5.58. The SMILES string of the molecule is COc1cccc(NC(=O)c2sc3ccccc3c2N)c1. The number of fused-ring (bicyclic) bond motifs is 1. The van der Waals surface area contributed by atoms with Crippen LogP contribution in [0.1, 0.15) is 9.67 Å². The summed E-state index contributed by atoms with van der Waals surface area (Å²) in [6, 6.07) is 14.9. The van der Waals surface area contributed by atoms with Crippen LogP contribution in [0.2, 0.25) is 0 Å². The molecule has 0 saturated heterocycles. The highest BCUT2D eigenvalue weighted by molar-refractivity contribution is 7.21. The number of ether oxygens (including phenoxy) is 1. The average molecular weight is 298 g/mol. The monoisotopic (exact) mass is 298 g/mol. The maximum absolute atomic E-state index is 12.4. The summed E-state index contributed by atoms with van der Waals surface area (Å²) >= 11 is 1.39. The van der Waals surface area contributed by atoms with Crippen LogP contribution in [0.5, 0.6) is 5.75 Å². The largest absolute Gasteiger partial charge is 0.497 e. The van der Waals surface area contributed by atoms with Crippen molar-refractivity contribution in [3.8, 4) is 5.75 Å². The van der Waals surface area contributed by atoms with Gasteiger partial charge in [-0.1, -0.05) is 24.3 Å². The van der Waals surface area contributed by atoms with Crippen molar-refractivity contribution in [2.24, 2.45) is 0 Å². The Kier molecular flexibility index (Phi) is 3.50. The zero-order chi connectivity index (χ0) is 14.8. The second kappa shape index (κ2) is 5.46. The lowest BCUT2D eigenvalue weighted by atomic mass is 10.2. The summed E-state index contributed by atoms with van der Waals surface area (Å²) in [5.41, 5.74) is 7.28. The molecule has 3 N–H and O–H groups in total. The van der Waals surface area contributed by atoms with Gasteiger partial charge in [-0.05, 0) is 18.2 Å². The fourth-order valence-corrected chi connectivity index (χ4v) is 3.14. The van der Waals surface area contributed by atoms with E-state index in [4.69, 9.17) is 10.5 Å². The molecular formula is C16H14N2O2S. The number of methoxy groups -OCH3 is 1. The Bertz CT molecular complexity index is 811. The first-order chi connectivity index (χ1) is 10.2. The molecule has 0 bridgehead atoms. The number of rotatable bonds is 3. The summed E-state index contributed by atoms with van der Waals surface area (Å²) in [7, 11) is 1.59. The van der Waals surface area contributed by atoms with E-state index < -0.39 is 0 Å². The van der Waals surface area contributed by atoms with E-state index in [1.165, 1.54) is 11.3 Å². The number of hydrogen-bond donors (Lipinski definition) is 2. The number of amides is 1. The topological polar surface area (TPSA) is 64.3 Å². The highest BCUT2D eigenvalue weighted by Crippen LogP contribution is 2.33. The molecular weight excluding hydrogens is 284 g/mol. The first-order valence-electron chi connectivity index (χ1n) is 6.41. The van der Waals surface area contributed by atoms with Crippen molar-refractivity contribution < 1.29 is 9.53 Å². The van der Waals surface area contributed by atoms with E-state index in [0.29, 0.717) is 22.0 Å². The number of carbonyl (C=O) groups is 1. The molecule has 0 fully saturated rings. The third-order valence-electron chi connectivity index (χ3n) is 3.17. The van der Waals surface area contributed by atoms with E-state index in [1.807, 2.05) is 42.5 Å². The summed E-state index contributed by atoms with van der Waals surface area (Å²) in [6.07, 6.45) is 0. The summed E-state index contributed by atoms with van der Waals surface area (Å²) in [5, 5.41) is 3.76. The number of hydrogen-bond acceptors (Lipinski definition) is 4. The van der Waals surface area contributed by atoms with Crippen molar-refractivity contribution in [2.75, 3.05) is 18.2 Å². The van der Waals surface area contributed by atoms with Crippen LogP contribution in [0.4, 0.5) is 11.4 Å². The van der Waals surface area contributed by atoms with Crippen LogP contribution in [-0.4, -0.2) is 13.0 Å². The fraction of sp³-hybridized carbons (Fsp3) is 0.0625. The summed E-state index contributed by atoms with van der Waals surface area (Å²) in [6.45, 7) is 0. The van der Waals surface area contributed by atoms with Crippen LogP contribution in [0, 0.1) is 0 Å². The molecule has 0 spiro atoms. The molecule has 3 aromatic rings. The highest BCUT2D eigenvalue weighted by atomic mass is 32.1. The van der Waals surface area contributed by atoms with Gasteiger partial charge in [0, 0.05) is 21.8 Å². The van der Waals surface area contributed by atoms with E-state index in [9.17, 15) is 4.79 Å². The molecule has 0 saturated carbocycles. The van der Waals surface area contributed by atoms with Crippen LogP contribution in [-0.2, 0) is 0 Å². The van der Waals surface area contributed by atoms with Gasteiger partial charge in [0.05, 0.1) is 12.8 Å². The Hall–Kier alpha value is -2.53. The first kappa shape index (κ1) is 13.5. The Morgan fingerprint density at radius 2 is 2.00 bits per heavy atom. The van der Waals surface area contributed by atoms with Gasteiger partial charge in [-0.15, -0.1) is 11.3 Å². The smallest absolute Gasteiger partial charge is 0.267 e. The number of nitrogens with one attached hydrogen (secondary N) is 1. The maximum Gasteiger partial charge on any atom is 0.267 e. The predicted molar refractivity (Wildman–Crippen MR) is 87.2 cm³/mol. The Balaban J connectivity index is 1.91. The van der Waals surface area contributed by atoms with Crippen molar-refractivity contribution in [3.63, 3.8) is 0 Å². The van der Waals surface area contributed by atoms with Crippen LogP contribution in [0.15, 0.2) is 48.5 Å². The molecule has 5 heteroatoms. The van der Waals surface area contributed by atoms with Crippen LogP contribution >= 0.6 is 11.3 Å². The number of anilines is 2. The van der Waals surface area contributed by atoms with E-state index in [2.05, 4.69) is 5.32 Å². The third-order valence-corrected chi connectivity index (χ3v) is 4.35. The molecule has 1 amide bonds. The van der Waals surface area contributed by atoms with Crippen LogP contribution in [0.3, 0.4) is 0 Å². The lowest BCUT2D eigenvalue weighted by Gasteiger charge is -2.06. The Labute approximate surface area is 126 Å². The lowest BCUT2D eigenvalue weighted by molar-refractivity contribution is 0.103. The molecule has 0 aliphatic rings. The number of nitrogens with two attached hydrogens (primary N) is 1. The maximum atomic E-state index is 12.4. The Morgan fingerprint density at radius 3 is 2.76 bits per heavy atom. The molecule has 4 nitrogen and oxygen atoms in total. The molecule has 3 rings (SSSR count). The van der Waals surface area contributed by atoms with Gasteiger partial charge in [-0.2, -0.15) is 0 Å². The van der Waals surface area contributed by atoms with Crippen LogP contribution < -0.4 is 15.8 Å². The van der Waals surface area contributed by atoms with Gasteiger partial charge in [0.15, 0.2) is 0 Å². The summed E-state index contributed by atoms with van der Waals surface area (Å²) in [4.78, 5) is 12.9. The highest BCUT2D eigenvalue weighted by Gasteiger charge is 2.16. The molecule has 0 radical (unpaired) electrons. The number of nitrogen functional groups attached to an aromatic ring is 1. The predicted octanol–water partition coefficient (Wildman–Crippen LogP) is 3.74. The zero-order valence-electron chi connectivity index (χ0n) is 11.4. The van der Waals surface area contributed by atoms with E-state index in [1.54, 1.807) is 13.2 Å². The molecule has 2 aromatic carbocycles. The van der Waals surface area contributed by atoms with Gasteiger partial charge in [-0.3, -0.25) is 4.79 Å². The molecule has 1 aromatic heterocycles. The van der Waals surface area contributed by atoms with E-state index >= 15 is 0 Å². The fourth-order valence-electron chi connectivity index (χ4n) is 2.12. The third kappa shape index (κ3) is 2.55. The average Bonchev–Trinajstić information content (AvgIpc) is 2.85. The molecule has 1 heterocycles. The summed E-state index contributed by atoms with van der Waals surface area (Å²) < 4.78 is 6.15. The number of benzene rings is 2. The summed E-state index contributed by atoms with van der Waals surface area (Å²) in [5.74, 6) is 0.485. The molecule has 106 valence electrons. The van der Waals surface area contributed by atoms with Gasteiger partial charge in [0.25, 0.3) is 5.91 Å². The van der Waals surface area contributed by atoms with E-state index in [0.717, 1.165) is 10.1 Å². The quantitative estimate of drug-likeness (QED) is 0.774. The molecule has 0 aliphatic carbocycles. The first-order valence-corrected chi connectivity index (χ1v) is 7.23. The lowest BCUT2D eigenvalue weighted by Crippen LogP contribution is -2.11. The zero-order valence-corrected chi connectivity index (χ0v) is 12.2. The van der Waals surface area contributed by atoms with Gasteiger partial charge in [0.1, 0.15) is 10.6 Å². The van der Waals surface area contributed by atoms with Crippen molar-refractivity contribution in [1.29, 1.82) is 0 Å². The standard InChI is InChI=1S/C16H14N2O2S/c1-20-11-6-4-5-10(9-11)18-16(19)15-14(17)12-7-2-3-8-13(12)21-15/h2-9H,17H2,1H3,(H,18,19). The van der Waals surface area contributed by atoms with Crippen molar-refractivity contribution >= 4 is 38.7 Å². The van der Waals surface area contributed by atoms with Gasteiger partial charge < -0.3 is 15.8 Å². The minimum absolute atomic E-state index is 0.207. The van der Waals surface area contributed by atoms with E-state index in [-0.39, 0.29) is 5.91 Å². The number of thiophene rings is 1. The minimum Gasteiger partial charge on any atom is -0.497 e. The normalized spacial score (nSPS) is 10.5. The van der Waals surface area contributed by atoms with Gasteiger partial charge in [-0.25, -0.2) is 0 Å². The van der Waals surface area contributed by atoms with Gasteiger partial charge >= 0.3 is 0 Å². The van der Waals surface area contributed by atoms with Crippen molar-refractivity contribution in [2.45, 2.75) is 0 Å².